The highest BCUT2D eigenvalue weighted by Crippen LogP contribution is 2.28. The van der Waals surface area contributed by atoms with Crippen LogP contribution in [0.5, 0.6) is 11.6 Å². The second-order valence-corrected chi connectivity index (χ2v) is 3.96. The number of ether oxygens (including phenoxy) is 1. The van der Waals surface area contributed by atoms with Gasteiger partial charge in [0.2, 0.25) is 11.8 Å². The maximum atomic E-state index is 13.3. The largest absolute Gasteiger partial charge is 0.436 e. The van der Waals surface area contributed by atoms with Crippen LogP contribution in [0.25, 0.3) is 0 Å². The SMILES string of the molecule is Nc1ncc(F)c(Oc2cc(Cl)cc(Cl)c2)n1. The monoisotopic (exact) mass is 273 g/mol. The summed E-state index contributed by atoms with van der Waals surface area (Å²) in [6, 6.07) is 4.48. The van der Waals surface area contributed by atoms with Gasteiger partial charge in [-0.1, -0.05) is 23.2 Å². The minimum atomic E-state index is -0.727. The molecule has 4 nitrogen and oxygen atoms in total. The van der Waals surface area contributed by atoms with Crippen LogP contribution >= 0.6 is 23.2 Å². The lowest BCUT2D eigenvalue weighted by molar-refractivity contribution is 0.421. The molecule has 17 heavy (non-hydrogen) atoms. The molecule has 0 aliphatic heterocycles. The van der Waals surface area contributed by atoms with Gasteiger partial charge in [-0.05, 0) is 18.2 Å². The van der Waals surface area contributed by atoms with E-state index in [0.29, 0.717) is 10.0 Å². The van der Waals surface area contributed by atoms with Crippen molar-refractivity contribution in [2.45, 2.75) is 0 Å². The Morgan fingerprint density at radius 3 is 2.47 bits per heavy atom. The topological polar surface area (TPSA) is 61.0 Å². The van der Waals surface area contributed by atoms with Gasteiger partial charge in [0, 0.05) is 10.0 Å². The molecule has 7 heteroatoms. The fourth-order valence-corrected chi connectivity index (χ4v) is 1.64. The van der Waals surface area contributed by atoms with E-state index in [1.165, 1.54) is 18.2 Å². The van der Waals surface area contributed by atoms with Crippen LogP contribution in [0.3, 0.4) is 0 Å². The minimum Gasteiger partial charge on any atom is -0.436 e. The lowest BCUT2D eigenvalue weighted by atomic mass is 10.3. The highest BCUT2D eigenvalue weighted by atomic mass is 35.5. The zero-order valence-corrected chi connectivity index (χ0v) is 9.84. The van der Waals surface area contributed by atoms with E-state index in [-0.39, 0.29) is 17.6 Å². The van der Waals surface area contributed by atoms with Gasteiger partial charge < -0.3 is 10.5 Å². The molecule has 1 aromatic carbocycles. The highest BCUT2D eigenvalue weighted by Gasteiger charge is 2.09. The summed E-state index contributed by atoms with van der Waals surface area (Å²) in [5.74, 6) is -0.833. The van der Waals surface area contributed by atoms with E-state index < -0.39 is 5.82 Å². The first-order valence-corrected chi connectivity index (χ1v) is 5.22. The molecule has 0 aliphatic rings. The van der Waals surface area contributed by atoms with Crippen LogP contribution in [0.1, 0.15) is 0 Å². The van der Waals surface area contributed by atoms with Crippen LogP contribution in [-0.4, -0.2) is 9.97 Å². The molecule has 0 unspecified atom stereocenters. The molecule has 2 N–H and O–H groups in total. The molecule has 0 saturated heterocycles. The molecular formula is C10H6Cl2FN3O. The maximum Gasteiger partial charge on any atom is 0.260 e. The van der Waals surface area contributed by atoms with Gasteiger partial charge in [-0.2, -0.15) is 9.37 Å². The standard InChI is InChI=1S/C10H6Cl2FN3O/c11-5-1-6(12)3-7(2-5)17-9-8(13)4-15-10(14)16-9/h1-4H,(H2,14,15,16). The van der Waals surface area contributed by atoms with Crippen molar-refractivity contribution in [3.63, 3.8) is 0 Å². The van der Waals surface area contributed by atoms with Gasteiger partial charge in [-0.3, -0.25) is 0 Å². The fourth-order valence-electron chi connectivity index (χ4n) is 1.13. The van der Waals surface area contributed by atoms with Gasteiger partial charge in [0.25, 0.3) is 5.88 Å². The van der Waals surface area contributed by atoms with Crippen molar-refractivity contribution in [3.8, 4) is 11.6 Å². The van der Waals surface area contributed by atoms with Crippen molar-refractivity contribution in [1.29, 1.82) is 0 Å². The number of nitrogens with two attached hydrogens (primary N) is 1. The Hall–Kier alpha value is -1.59. The van der Waals surface area contributed by atoms with Gasteiger partial charge >= 0.3 is 0 Å². The molecular weight excluding hydrogens is 268 g/mol. The molecule has 1 aromatic heterocycles. The van der Waals surface area contributed by atoms with Crippen molar-refractivity contribution < 1.29 is 9.13 Å². The number of nitrogens with zero attached hydrogens (tertiary/aromatic N) is 2. The highest BCUT2D eigenvalue weighted by molar-refractivity contribution is 6.34. The maximum absolute atomic E-state index is 13.3. The van der Waals surface area contributed by atoms with Crippen molar-refractivity contribution in [2.75, 3.05) is 5.73 Å². The van der Waals surface area contributed by atoms with E-state index in [2.05, 4.69) is 9.97 Å². The van der Waals surface area contributed by atoms with E-state index in [1.807, 2.05) is 0 Å². The zero-order chi connectivity index (χ0) is 12.4. The lowest BCUT2D eigenvalue weighted by Gasteiger charge is -2.06. The number of rotatable bonds is 2. The molecule has 0 bridgehead atoms. The Morgan fingerprint density at radius 1 is 1.18 bits per heavy atom. The summed E-state index contributed by atoms with van der Waals surface area (Å²) in [4.78, 5) is 7.09. The quantitative estimate of drug-likeness (QED) is 0.912. The van der Waals surface area contributed by atoms with Gasteiger partial charge in [0.05, 0.1) is 6.20 Å². The van der Waals surface area contributed by atoms with Crippen LogP contribution < -0.4 is 10.5 Å². The number of nitrogen functional groups attached to an aromatic ring is 1. The van der Waals surface area contributed by atoms with E-state index in [4.69, 9.17) is 33.7 Å². The van der Waals surface area contributed by atoms with Gasteiger partial charge in [-0.25, -0.2) is 4.98 Å². The first-order valence-electron chi connectivity index (χ1n) is 4.46. The predicted molar refractivity (Wildman–Crippen MR) is 62.9 cm³/mol. The Kier molecular flexibility index (Phi) is 3.31. The van der Waals surface area contributed by atoms with Gasteiger partial charge in [0.15, 0.2) is 0 Å². The molecule has 0 radical (unpaired) electrons. The average molecular weight is 274 g/mol. The van der Waals surface area contributed by atoms with Crippen LogP contribution in [0.2, 0.25) is 10.0 Å². The summed E-state index contributed by atoms with van der Waals surface area (Å²) in [5.41, 5.74) is 5.32. The third-order valence-corrected chi connectivity index (χ3v) is 2.22. The minimum absolute atomic E-state index is 0.0884. The molecule has 88 valence electrons. The smallest absolute Gasteiger partial charge is 0.260 e. The summed E-state index contributed by atoms with van der Waals surface area (Å²) in [6.07, 6.45) is 0.920. The summed E-state index contributed by atoms with van der Waals surface area (Å²) >= 11 is 11.5. The molecule has 1 heterocycles. The van der Waals surface area contributed by atoms with E-state index >= 15 is 0 Å². The lowest BCUT2D eigenvalue weighted by Crippen LogP contribution is -1.99. The summed E-state index contributed by atoms with van der Waals surface area (Å²) in [5, 5.41) is 0.741. The molecule has 2 aromatic rings. The zero-order valence-electron chi connectivity index (χ0n) is 8.32. The fraction of sp³-hybridized carbons (Fsp3) is 0. The summed E-state index contributed by atoms with van der Waals surface area (Å²) in [6.45, 7) is 0. The second-order valence-electron chi connectivity index (χ2n) is 3.09. The number of benzene rings is 1. The second kappa shape index (κ2) is 4.73. The summed E-state index contributed by atoms with van der Waals surface area (Å²) < 4.78 is 18.5. The first-order chi connectivity index (χ1) is 8.04. The van der Waals surface area contributed by atoms with Crippen LogP contribution in [0.15, 0.2) is 24.4 Å². The number of hydrogen-bond acceptors (Lipinski definition) is 4. The van der Waals surface area contributed by atoms with Crippen molar-refractivity contribution in [3.05, 3.63) is 40.3 Å². The third kappa shape index (κ3) is 2.95. The normalized spacial score (nSPS) is 10.3. The van der Waals surface area contributed by atoms with Crippen molar-refractivity contribution in [1.82, 2.24) is 9.97 Å². The van der Waals surface area contributed by atoms with Gasteiger partial charge in [-0.15, -0.1) is 0 Å². The number of hydrogen-bond donors (Lipinski definition) is 1. The van der Waals surface area contributed by atoms with Crippen molar-refractivity contribution >= 4 is 29.2 Å². The molecule has 0 aliphatic carbocycles. The molecule has 0 amide bonds. The van der Waals surface area contributed by atoms with E-state index in [1.54, 1.807) is 0 Å². The molecule has 0 atom stereocenters. The molecule has 0 saturated carbocycles. The number of halogens is 3. The number of anilines is 1. The summed E-state index contributed by atoms with van der Waals surface area (Å²) in [7, 11) is 0. The Morgan fingerprint density at radius 2 is 1.82 bits per heavy atom. The Labute approximate surface area is 106 Å². The first kappa shape index (κ1) is 11.9. The third-order valence-electron chi connectivity index (χ3n) is 1.78. The van der Waals surface area contributed by atoms with E-state index in [9.17, 15) is 4.39 Å². The Bertz CT molecular complexity index is 545. The number of aromatic nitrogens is 2. The van der Waals surface area contributed by atoms with Crippen molar-refractivity contribution in [2.24, 2.45) is 0 Å². The average Bonchev–Trinajstić information content (AvgIpc) is 2.22. The molecule has 2 rings (SSSR count). The predicted octanol–water partition coefficient (Wildman–Crippen LogP) is 3.30. The van der Waals surface area contributed by atoms with Crippen LogP contribution in [0.4, 0.5) is 10.3 Å². The van der Waals surface area contributed by atoms with Crippen LogP contribution in [0, 0.1) is 5.82 Å². The molecule has 0 fully saturated rings. The van der Waals surface area contributed by atoms with Crippen LogP contribution in [-0.2, 0) is 0 Å². The van der Waals surface area contributed by atoms with E-state index in [0.717, 1.165) is 6.20 Å². The Balaban J connectivity index is 2.34. The van der Waals surface area contributed by atoms with Gasteiger partial charge in [0.1, 0.15) is 5.75 Å². The molecule has 0 spiro atoms.